The number of nitrogens with zero attached hydrogens (tertiary/aromatic N) is 1. The zero-order valence-electron chi connectivity index (χ0n) is 8.92. The molecule has 0 fully saturated rings. The molecule has 1 nitrogen and oxygen atoms in total. The van der Waals surface area contributed by atoms with Crippen LogP contribution in [0.5, 0.6) is 0 Å². The maximum absolute atomic E-state index is 12.4. The van der Waals surface area contributed by atoms with Crippen molar-refractivity contribution in [3.63, 3.8) is 0 Å². The highest BCUT2D eigenvalue weighted by atomic mass is 19.1. The van der Waals surface area contributed by atoms with E-state index in [2.05, 4.69) is 11.6 Å². The minimum atomic E-state index is -0.466. The van der Waals surface area contributed by atoms with E-state index in [9.17, 15) is 4.39 Å². The summed E-state index contributed by atoms with van der Waals surface area (Å²) < 4.78 is 12.4. The second-order valence-corrected chi connectivity index (χ2v) is 2.39. The lowest BCUT2D eigenvalue weighted by atomic mass is 10.1. The van der Waals surface area contributed by atoms with Crippen LogP contribution in [0.25, 0.3) is 5.57 Å². The molecule has 0 aliphatic carbocycles. The third-order valence-electron chi connectivity index (χ3n) is 1.47. The molecule has 0 saturated carbocycles. The fourth-order valence-electron chi connectivity index (χ4n) is 0.863. The summed E-state index contributed by atoms with van der Waals surface area (Å²) >= 11 is 0. The van der Waals surface area contributed by atoms with E-state index in [-0.39, 0.29) is 0 Å². The van der Waals surface area contributed by atoms with Crippen LogP contribution in [0.1, 0.15) is 26.3 Å². The largest absolute Gasteiger partial charge is 0.228 e. The monoisotopic (exact) mass is 193 g/mol. The highest BCUT2D eigenvalue weighted by molar-refractivity contribution is 5.71. The van der Waals surface area contributed by atoms with Gasteiger partial charge in [-0.25, -0.2) is 4.98 Å². The molecule has 0 N–H and O–H groups in total. The maximum atomic E-state index is 12.4. The predicted molar refractivity (Wildman–Crippen MR) is 59.4 cm³/mol. The molecule has 1 rings (SSSR count). The van der Waals surface area contributed by atoms with E-state index < -0.39 is 5.95 Å². The van der Waals surface area contributed by atoms with E-state index in [4.69, 9.17) is 0 Å². The summed E-state index contributed by atoms with van der Waals surface area (Å²) in [5.41, 5.74) is 1.68. The Balaban J connectivity index is 0.000000791. The third kappa shape index (κ3) is 3.99. The van der Waals surface area contributed by atoms with Gasteiger partial charge in [0.25, 0.3) is 0 Å². The van der Waals surface area contributed by atoms with Gasteiger partial charge in [0.2, 0.25) is 5.95 Å². The van der Waals surface area contributed by atoms with Gasteiger partial charge in [-0.1, -0.05) is 32.6 Å². The average molecular weight is 193 g/mol. The molecule has 0 saturated heterocycles. The van der Waals surface area contributed by atoms with E-state index in [1.54, 1.807) is 6.07 Å². The summed E-state index contributed by atoms with van der Waals surface area (Å²) in [6.07, 6.45) is 5.21. The number of pyridine rings is 1. The number of rotatable bonds is 2. The van der Waals surface area contributed by atoms with Gasteiger partial charge in [0.15, 0.2) is 0 Å². The van der Waals surface area contributed by atoms with Crippen molar-refractivity contribution in [2.24, 2.45) is 0 Å². The highest BCUT2D eigenvalue weighted by Gasteiger charge is 1.95. The van der Waals surface area contributed by atoms with Crippen molar-refractivity contribution in [2.45, 2.75) is 20.8 Å². The minimum absolute atomic E-state index is 0.466. The molecular weight excluding hydrogens is 177 g/mol. The highest BCUT2D eigenvalue weighted by Crippen LogP contribution is 2.11. The summed E-state index contributed by atoms with van der Waals surface area (Å²) in [6.45, 7) is 9.70. The Morgan fingerprint density at radius 2 is 2.07 bits per heavy atom. The van der Waals surface area contributed by atoms with Crippen molar-refractivity contribution in [3.8, 4) is 0 Å². The van der Waals surface area contributed by atoms with Crippen LogP contribution < -0.4 is 0 Å². The normalized spacial score (nSPS) is 9.43. The SMILES string of the molecule is C=C(/C=C\C)c1ccc(F)nc1.CC. The van der Waals surface area contributed by atoms with Crippen molar-refractivity contribution in [2.75, 3.05) is 0 Å². The first-order valence-electron chi connectivity index (χ1n) is 4.67. The quantitative estimate of drug-likeness (QED) is 0.513. The second-order valence-electron chi connectivity index (χ2n) is 2.39. The first kappa shape index (κ1) is 12.6. The molecule has 1 aromatic heterocycles. The first-order valence-corrected chi connectivity index (χ1v) is 4.67. The second kappa shape index (κ2) is 7.01. The van der Waals surface area contributed by atoms with Crippen LogP contribution in [0.4, 0.5) is 4.39 Å². The molecule has 0 unspecified atom stereocenters. The average Bonchev–Trinajstić information content (AvgIpc) is 2.22. The number of hydrogen-bond donors (Lipinski definition) is 0. The van der Waals surface area contributed by atoms with Gasteiger partial charge in [0, 0.05) is 6.20 Å². The Labute approximate surface area is 85.0 Å². The number of allylic oxidation sites excluding steroid dienone is 3. The molecule has 0 aliphatic rings. The van der Waals surface area contributed by atoms with Gasteiger partial charge < -0.3 is 0 Å². The smallest absolute Gasteiger partial charge is 0.212 e. The molecule has 76 valence electrons. The van der Waals surface area contributed by atoms with Crippen molar-refractivity contribution in [1.29, 1.82) is 0 Å². The van der Waals surface area contributed by atoms with E-state index in [0.717, 1.165) is 11.1 Å². The summed E-state index contributed by atoms with van der Waals surface area (Å²) in [7, 11) is 0. The van der Waals surface area contributed by atoms with Gasteiger partial charge in [-0.15, -0.1) is 0 Å². The first-order chi connectivity index (χ1) is 6.74. The molecule has 0 amide bonds. The molecule has 0 spiro atoms. The fraction of sp³-hybridized carbons (Fsp3) is 0.250. The lowest BCUT2D eigenvalue weighted by Gasteiger charge is -1.97. The Morgan fingerprint density at radius 3 is 2.50 bits per heavy atom. The topological polar surface area (TPSA) is 12.9 Å². The van der Waals surface area contributed by atoms with Crippen molar-refractivity contribution in [3.05, 3.63) is 48.6 Å². The van der Waals surface area contributed by atoms with Gasteiger partial charge in [0.1, 0.15) is 0 Å². The Hall–Kier alpha value is -1.44. The van der Waals surface area contributed by atoms with E-state index in [1.165, 1.54) is 12.3 Å². The van der Waals surface area contributed by atoms with Crippen LogP contribution in [0.15, 0.2) is 37.1 Å². The van der Waals surface area contributed by atoms with Crippen molar-refractivity contribution >= 4 is 5.57 Å². The molecule has 0 atom stereocenters. The molecule has 2 heteroatoms. The van der Waals surface area contributed by atoms with Gasteiger partial charge >= 0.3 is 0 Å². The van der Waals surface area contributed by atoms with E-state index in [0.29, 0.717) is 0 Å². The molecule has 1 heterocycles. The van der Waals surface area contributed by atoms with Crippen molar-refractivity contribution < 1.29 is 4.39 Å². The molecule has 0 aliphatic heterocycles. The number of halogens is 1. The van der Waals surface area contributed by atoms with Gasteiger partial charge in [-0.2, -0.15) is 4.39 Å². The predicted octanol–water partition coefficient (Wildman–Crippen LogP) is 3.84. The van der Waals surface area contributed by atoms with Gasteiger partial charge in [0.05, 0.1) is 0 Å². The molecule has 0 aromatic carbocycles. The molecular formula is C12H16FN. The van der Waals surface area contributed by atoms with Crippen LogP contribution in [0.3, 0.4) is 0 Å². The Kier molecular flexibility index (Phi) is 6.29. The molecule has 0 radical (unpaired) electrons. The standard InChI is InChI=1S/C10H10FN.C2H6/c1-3-4-8(2)9-5-6-10(11)12-7-9;1-2/h3-7H,2H2,1H3;1-2H3/b4-3-;. The van der Waals surface area contributed by atoms with E-state index >= 15 is 0 Å². The lowest BCUT2D eigenvalue weighted by molar-refractivity contribution is 0.583. The summed E-state index contributed by atoms with van der Waals surface area (Å²) in [5, 5.41) is 0. The number of hydrogen-bond acceptors (Lipinski definition) is 1. The van der Waals surface area contributed by atoms with Crippen LogP contribution in [0.2, 0.25) is 0 Å². The lowest BCUT2D eigenvalue weighted by Crippen LogP contribution is -1.84. The van der Waals surface area contributed by atoms with Crippen LogP contribution >= 0.6 is 0 Å². The van der Waals surface area contributed by atoms with Crippen LogP contribution in [-0.2, 0) is 0 Å². The van der Waals surface area contributed by atoms with Crippen molar-refractivity contribution in [1.82, 2.24) is 4.98 Å². The maximum Gasteiger partial charge on any atom is 0.212 e. The van der Waals surface area contributed by atoms with Crippen LogP contribution in [-0.4, -0.2) is 4.98 Å². The van der Waals surface area contributed by atoms with Gasteiger partial charge in [-0.3, -0.25) is 0 Å². The fourth-order valence-corrected chi connectivity index (χ4v) is 0.863. The summed E-state index contributed by atoms with van der Waals surface area (Å²) in [6, 6.07) is 2.98. The number of aromatic nitrogens is 1. The van der Waals surface area contributed by atoms with Crippen LogP contribution in [0, 0.1) is 5.95 Å². The van der Waals surface area contributed by atoms with E-state index in [1.807, 2.05) is 32.9 Å². The molecule has 14 heavy (non-hydrogen) atoms. The zero-order valence-corrected chi connectivity index (χ0v) is 8.92. The molecule has 0 bridgehead atoms. The minimum Gasteiger partial charge on any atom is -0.228 e. The molecule has 1 aromatic rings. The summed E-state index contributed by atoms with van der Waals surface area (Å²) in [4.78, 5) is 3.52. The third-order valence-corrected chi connectivity index (χ3v) is 1.47. The Bertz CT molecular complexity index is 299. The summed E-state index contributed by atoms with van der Waals surface area (Å²) in [5.74, 6) is -0.466. The zero-order chi connectivity index (χ0) is 11.0. The Morgan fingerprint density at radius 1 is 1.43 bits per heavy atom. The van der Waals surface area contributed by atoms with Gasteiger partial charge in [-0.05, 0) is 30.2 Å².